The average molecular weight is 115 g/mol. The van der Waals surface area contributed by atoms with Crippen LogP contribution in [0.2, 0.25) is 0 Å². The Kier molecular flexibility index (Phi) is 1.37. The number of ether oxygens (including phenoxy) is 2. The van der Waals surface area contributed by atoms with Crippen LogP contribution in [0, 0.1) is 7.11 Å². The van der Waals surface area contributed by atoms with E-state index in [1.54, 1.807) is 0 Å². The molecule has 1 fully saturated rings. The van der Waals surface area contributed by atoms with E-state index in [4.69, 9.17) is 0 Å². The number of carbonyl (C=O) groups is 1. The van der Waals surface area contributed by atoms with Crippen molar-refractivity contribution >= 4 is 6.16 Å². The van der Waals surface area contributed by atoms with Crippen LogP contribution in [0.4, 0.5) is 4.79 Å². The van der Waals surface area contributed by atoms with Crippen LogP contribution in [0.25, 0.3) is 0 Å². The number of hydrogen-bond acceptors (Lipinski definition) is 3. The molecule has 3 heteroatoms. The molecule has 0 unspecified atom stereocenters. The highest BCUT2D eigenvalue weighted by molar-refractivity contribution is 5.60. The number of hydrogen-bond donors (Lipinski definition) is 0. The van der Waals surface area contributed by atoms with Crippen molar-refractivity contribution in [1.29, 1.82) is 0 Å². The molecule has 45 valence electrons. The third kappa shape index (κ3) is 1.40. The first kappa shape index (κ1) is 5.41. The maximum Gasteiger partial charge on any atom is 0.508 e. The summed E-state index contributed by atoms with van der Waals surface area (Å²) in [4.78, 5) is 10.2. The van der Waals surface area contributed by atoms with Crippen molar-refractivity contribution in [3.8, 4) is 0 Å². The average Bonchev–Trinajstić information content (AvgIpc) is 2.50. The maximum atomic E-state index is 10.2. The van der Waals surface area contributed by atoms with Gasteiger partial charge >= 0.3 is 6.16 Å². The van der Waals surface area contributed by atoms with Crippen molar-refractivity contribution in [2.24, 2.45) is 0 Å². The second kappa shape index (κ2) is 2.03. The Balaban J connectivity index is 2.07. The van der Waals surface area contributed by atoms with Crippen molar-refractivity contribution in [3.63, 3.8) is 0 Å². The molecular formula is C5H7O3. The predicted molar refractivity (Wildman–Crippen MR) is 25.9 cm³/mol. The largest absolute Gasteiger partial charge is 0.508 e. The molecule has 0 bridgehead atoms. The predicted octanol–water partition coefficient (Wildman–Crippen LogP) is 1.09. The minimum absolute atomic E-state index is 0.115. The lowest BCUT2D eigenvalue weighted by Gasteiger charge is -1.96. The molecule has 1 aliphatic rings. The van der Waals surface area contributed by atoms with Gasteiger partial charge in [0.25, 0.3) is 0 Å². The summed E-state index contributed by atoms with van der Waals surface area (Å²) in [5.74, 6) is 0. The summed E-state index contributed by atoms with van der Waals surface area (Å²) in [6.45, 7) is 0. The van der Waals surface area contributed by atoms with Gasteiger partial charge in [0, 0.05) is 0 Å². The first-order valence-corrected chi connectivity index (χ1v) is 2.45. The van der Waals surface area contributed by atoms with Gasteiger partial charge in [0.05, 0.1) is 0 Å². The highest BCUT2D eigenvalue weighted by Crippen LogP contribution is 2.23. The van der Waals surface area contributed by atoms with Gasteiger partial charge in [-0.25, -0.2) is 4.79 Å². The van der Waals surface area contributed by atoms with Crippen LogP contribution in [0.3, 0.4) is 0 Å². The number of carbonyl (C=O) groups excluding carboxylic acids is 1. The Labute approximate surface area is 47.6 Å². The Bertz CT molecular complexity index is 95.8. The lowest BCUT2D eigenvalue weighted by molar-refractivity contribution is 0.0767. The molecule has 0 amide bonds. The zero-order valence-corrected chi connectivity index (χ0v) is 4.42. The molecule has 0 aliphatic heterocycles. The van der Waals surface area contributed by atoms with Gasteiger partial charge in [0.2, 0.25) is 0 Å². The molecular weight excluding hydrogens is 108 g/mol. The number of rotatable bonds is 1. The lowest BCUT2D eigenvalue weighted by atomic mass is 10.8. The summed E-state index contributed by atoms with van der Waals surface area (Å²) in [5, 5.41) is 0. The summed E-state index contributed by atoms with van der Waals surface area (Å²) >= 11 is 0. The van der Waals surface area contributed by atoms with Crippen molar-refractivity contribution in [2.75, 3.05) is 0 Å². The van der Waals surface area contributed by atoms with E-state index < -0.39 is 6.16 Å². The Morgan fingerprint density at radius 3 is 2.62 bits per heavy atom. The Morgan fingerprint density at radius 2 is 2.25 bits per heavy atom. The molecule has 1 saturated carbocycles. The van der Waals surface area contributed by atoms with Crippen LogP contribution in [0.15, 0.2) is 0 Å². The Hall–Kier alpha value is -0.730. The van der Waals surface area contributed by atoms with E-state index in [9.17, 15) is 4.79 Å². The second-order valence-corrected chi connectivity index (χ2v) is 1.71. The zero-order chi connectivity index (χ0) is 5.98. The Morgan fingerprint density at radius 1 is 1.62 bits per heavy atom. The summed E-state index contributed by atoms with van der Waals surface area (Å²) in [7, 11) is 2.89. The fraction of sp³-hybridized carbons (Fsp3) is 0.600. The van der Waals surface area contributed by atoms with Crippen LogP contribution in [-0.2, 0) is 9.47 Å². The minimum Gasteiger partial charge on any atom is -0.431 e. The standard InChI is InChI=1S/C5H7O3/c1-7-5(6)8-4-2-3-4/h4H,1-3H2. The molecule has 8 heavy (non-hydrogen) atoms. The molecule has 0 aromatic heterocycles. The normalized spacial score (nSPS) is 17.6. The highest BCUT2D eigenvalue weighted by atomic mass is 16.7. The van der Waals surface area contributed by atoms with Crippen LogP contribution in [0.5, 0.6) is 0 Å². The molecule has 3 nitrogen and oxygen atoms in total. The van der Waals surface area contributed by atoms with Crippen molar-refractivity contribution < 1.29 is 14.3 Å². The molecule has 1 rings (SSSR count). The van der Waals surface area contributed by atoms with E-state index in [0.717, 1.165) is 12.8 Å². The van der Waals surface area contributed by atoms with E-state index >= 15 is 0 Å². The van der Waals surface area contributed by atoms with Crippen molar-refractivity contribution in [1.82, 2.24) is 0 Å². The zero-order valence-electron chi connectivity index (χ0n) is 4.42. The quantitative estimate of drug-likeness (QED) is 0.480. The molecule has 0 saturated heterocycles. The SMILES string of the molecule is [CH2]OC(=O)OC1CC1. The van der Waals surface area contributed by atoms with Crippen molar-refractivity contribution in [2.45, 2.75) is 18.9 Å². The third-order valence-corrected chi connectivity index (χ3v) is 0.905. The van der Waals surface area contributed by atoms with Gasteiger partial charge in [0.15, 0.2) is 0 Å². The fourth-order valence-corrected chi connectivity index (χ4v) is 0.356. The second-order valence-electron chi connectivity index (χ2n) is 1.71. The van der Waals surface area contributed by atoms with E-state index in [1.807, 2.05) is 0 Å². The van der Waals surface area contributed by atoms with E-state index in [0.29, 0.717) is 0 Å². The van der Waals surface area contributed by atoms with E-state index in [2.05, 4.69) is 16.6 Å². The van der Waals surface area contributed by atoms with Gasteiger partial charge in [-0.3, -0.25) is 0 Å². The first-order chi connectivity index (χ1) is 3.83. The van der Waals surface area contributed by atoms with Crippen LogP contribution >= 0.6 is 0 Å². The molecule has 0 atom stereocenters. The molecule has 0 spiro atoms. The summed E-state index contributed by atoms with van der Waals surface area (Å²) < 4.78 is 8.58. The summed E-state index contributed by atoms with van der Waals surface area (Å²) in [6.07, 6.45) is 1.38. The maximum absolute atomic E-state index is 10.2. The van der Waals surface area contributed by atoms with Crippen molar-refractivity contribution in [3.05, 3.63) is 7.11 Å². The monoisotopic (exact) mass is 115 g/mol. The van der Waals surface area contributed by atoms with E-state index in [1.165, 1.54) is 0 Å². The van der Waals surface area contributed by atoms with Crippen LogP contribution in [0.1, 0.15) is 12.8 Å². The van der Waals surface area contributed by atoms with Gasteiger partial charge in [0.1, 0.15) is 13.2 Å². The van der Waals surface area contributed by atoms with Crippen LogP contribution in [-0.4, -0.2) is 12.3 Å². The summed E-state index contributed by atoms with van der Waals surface area (Å²) in [6, 6.07) is 0. The molecule has 1 aliphatic carbocycles. The molecule has 0 heterocycles. The van der Waals surface area contributed by atoms with Gasteiger partial charge in [-0.15, -0.1) is 0 Å². The van der Waals surface area contributed by atoms with E-state index in [-0.39, 0.29) is 6.10 Å². The van der Waals surface area contributed by atoms with Gasteiger partial charge in [-0.1, -0.05) is 0 Å². The first-order valence-electron chi connectivity index (χ1n) is 2.45. The molecule has 1 radical (unpaired) electrons. The van der Waals surface area contributed by atoms with Gasteiger partial charge in [-0.05, 0) is 12.8 Å². The summed E-state index contributed by atoms with van der Waals surface area (Å²) in [5.41, 5.74) is 0. The fourth-order valence-electron chi connectivity index (χ4n) is 0.356. The molecule has 0 aromatic rings. The molecule has 0 N–H and O–H groups in total. The topological polar surface area (TPSA) is 35.5 Å². The highest BCUT2D eigenvalue weighted by Gasteiger charge is 2.26. The molecule has 0 aromatic carbocycles. The smallest absolute Gasteiger partial charge is 0.431 e. The van der Waals surface area contributed by atoms with Gasteiger partial charge < -0.3 is 9.47 Å². The van der Waals surface area contributed by atoms with Crippen LogP contribution < -0.4 is 0 Å². The lowest BCUT2D eigenvalue weighted by Crippen LogP contribution is -2.03. The minimum atomic E-state index is -0.674. The van der Waals surface area contributed by atoms with Gasteiger partial charge in [-0.2, -0.15) is 0 Å². The third-order valence-electron chi connectivity index (χ3n) is 0.905.